The minimum absolute atomic E-state index is 0.0174. The minimum Gasteiger partial charge on any atom is -0.396 e. The third-order valence-corrected chi connectivity index (χ3v) is 4.13. The number of rotatable bonds is 4. The summed E-state index contributed by atoms with van der Waals surface area (Å²) in [6, 6.07) is 5.23. The molecule has 2 atom stereocenters. The van der Waals surface area contributed by atoms with Gasteiger partial charge in [0, 0.05) is 6.04 Å². The van der Waals surface area contributed by atoms with Crippen LogP contribution >= 0.6 is 0 Å². The summed E-state index contributed by atoms with van der Waals surface area (Å²) >= 11 is 0. The molecule has 0 spiro atoms. The predicted octanol–water partition coefficient (Wildman–Crippen LogP) is 1.13. The number of anilines is 2. The second kappa shape index (κ2) is 4.19. The molecule has 0 saturated heterocycles. The van der Waals surface area contributed by atoms with E-state index in [9.17, 15) is 8.42 Å². The van der Waals surface area contributed by atoms with Crippen molar-refractivity contribution >= 4 is 21.4 Å². The Morgan fingerprint density at radius 3 is 2.71 bits per heavy atom. The fraction of sp³-hybridized carbons (Fsp3) is 0.455. The number of hydrogen-bond acceptors (Lipinski definition) is 4. The Bertz CT molecular complexity index is 528. The normalized spacial score (nSPS) is 23.4. The third kappa shape index (κ3) is 2.53. The van der Waals surface area contributed by atoms with E-state index in [1.165, 1.54) is 6.07 Å². The van der Waals surface area contributed by atoms with E-state index in [2.05, 4.69) is 12.2 Å². The number of nitrogens with one attached hydrogen (secondary N) is 1. The van der Waals surface area contributed by atoms with E-state index in [0.29, 0.717) is 17.6 Å². The van der Waals surface area contributed by atoms with Gasteiger partial charge in [-0.1, -0.05) is 19.4 Å². The molecule has 2 unspecified atom stereocenters. The molecule has 0 bridgehead atoms. The number of nitrogen functional groups attached to an aromatic ring is 1. The van der Waals surface area contributed by atoms with E-state index in [-0.39, 0.29) is 10.6 Å². The van der Waals surface area contributed by atoms with E-state index >= 15 is 0 Å². The summed E-state index contributed by atoms with van der Waals surface area (Å²) in [5.41, 5.74) is 6.67. The van der Waals surface area contributed by atoms with E-state index in [1.807, 2.05) is 0 Å². The van der Waals surface area contributed by atoms with Crippen LogP contribution < -0.4 is 16.2 Å². The Morgan fingerprint density at radius 1 is 1.47 bits per heavy atom. The van der Waals surface area contributed by atoms with E-state index in [0.717, 1.165) is 12.8 Å². The SMILES string of the molecule is CCC1CC1Nc1cccc(S(N)(=O)=O)c1N. The molecule has 1 fully saturated rings. The van der Waals surface area contributed by atoms with Crippen molar-refractivity contribution in [3.63, 3.8) is 0 Å². The van der Waals surface area contributed by atoms with Gasteiger partial charge in [0.2, 0.25) is 10.0 Å². The van der Waals surface area contributed by atoms with Gasteiger partial charge in [-0.25, -0.2) is 13.6 Å². The summed E-state index contributed by atoms with van der Waals surface area (Å²) in [5.74, 6) is 0.660. The molecule has 1 aliphatic rings. The van der Waals surface area contributed by atoms with Crippen molar-refractivity contribution in [2.45, 2.75) is 30.7 Å². The Labute approximate surface area is 101 Å². The Morgan fingerprint density at radius 2 is 2.18 bits per heavy atom. The van der Waals surface area contributed by atoms with Gasteiger partial charge < -0.3 is 11.1 Å². The standard InChI is InChI=1S/C11H17N3O2S/c1-2-7-6-9(7)14-8-4-3-5-10(11(8)12)17(13,15)16/h3-5,7,9,14H,2,6,12H2,1H3,(H2,13,15,16). The van der Waals surface area contributed by atoms with Gasteiger partial charge in [0.05, 0.1) is 11.4 Å². The van der Waals surface area contributed by atoms with Gasteiger partial charge in [0.1, 0.15) is 4.90 Å². The summed E-state index contributed by atoms with van der Waals surface area (Å²) < 4.78 is 22.6. The molecule has 0 radical (unpaired) electrons. The van der Waals surface area contributed by atoms with Gasteiger partial charge in [0.25, 0.3) is 0 Å². The molecule has 0 aromatic heterocycles. The highest BCUT2D eigenvalue weighted by atomic mass is 32.2. The molecule has 5 nitrogen and oxygen atoms in total. The molecule has 94 valence electrons. The number of hydrogen-bond donors (Lipinski definition) is 3. The first-order chi connectivity index (χ1) is 7.93. The molecule has 0 aliphatic heterocycles. The molecular formula is C11H17N3O2S. The minimum atomic E-state index is -3.76. The molecule has 2 rings (SSSR count). The van der Waals surface area contributed by atoms with Crippen LogP contribution in [-0.2, 0) is 10.0 Å². The molecule has 6 heteroatoms. The topological polar surface area (TPSA) is 98.2 Å². The van der Waals surface area contributed by atoms with Crippen LogP contribution in [0.5, 0.6) is 0 Å². The third-order valence-electron chi connectivity index (χ3n) is 3.16. The molecule has 1 saturated carbocycles. The van der Waals surface area contributed by atoms with Gasteiger partial charge in [-0.2, -0.15) is 0 Å². The molecule has 0 amide bonds. The second-order valence-corrected chi connectivity index (χ2v) is 5.95. The van der Waals surface area contributed by atoms with Crippen molar-refractivity contribution in [1.29, 1.82) is 0 Å². The fourth-order valence-electron chi connectivity index (χ4n) is 1.99. The highest BCUT2D eigenvalue weighted by Gasteiger charge is 2.35. The lowest BCUT2D eigenvalue weighted by Crippen LogP contribution is -2.16. The number of primary sulfonamides is 1. The van der Waals surface area contributed by atoms with Crippen LogP contribution in [0, 0.1) is 5.92 Å². The largest absolute Gasteiger partial charge is 0.396 e. The maximum absolute atomic E-state index is 11.3. The first kappa shape index (κ1) is 12.2. The Balaban J connectivity index is 2.25. The van der Waals surface area contributed by atoms with E-state index in [4.69, 9.17) is 10.9 Å². The van der Waals surface area contributed by atoms with Crippen LogP contribution in [0.2, 0.25) is 0 Å². The lowest BCUT2D eigenvalue weighted by atomic mass is 10.2. The number of sulfonamides is 1. The average molecular weight is 255 g/mol. The molecule has 1 aromatic carbocycles. The zero-order chi connectivity index (χ0) is 12.6. The van der Waals surface area contributed by atoms with Gasteiger partial charge >= 0.3 is 0 Å². The van der Waals surface area contributed by atoms with Crippen LogP contribution in [0.1, 0.15) is 19.8 Å². The lowest BCUT2D eigenvalue weighted by molar-refractivity contribution is 0.598. The molecule has 17 heavy (non-hydrogen) atoms. The summed E-state index contributed by atoms with van der Waals surface area (Å²) in [7, 11) is -3.76. The monoisotopic (exact) mass is 255 g/mol. The lowest BCUT2D eigenvalue weighted by Gasteiger charge is -2.11. The fourth-order valence-corrected chi connectivity index (χ4v) is 2.68. The Kier molecular flexibility index (Phi) is 3.01. The van der Waals surface area contributed by atoms with E-state index < -0.39 is 10.0 Å². The second-order valence-electron chi connectivity index (χ2n) is 4.42. The summed E-state index contributed by atoms with van der Waals surface area (Å²) in [5, 5.41) is 8.34. The van der Waals surface area contributed by atoms with E-state index in [1.54, 1.807) is 12.1 Å². The van der Waals surface area contributed by atoms with Crippen molar-refractivity contribution in [2.75, 3.05) is 11.1 Å². The van der Waals surface area contributed by atoms with Crippen LogP contribution in [-0.4, -0.2) is 14.5 Å². The maximum atomic E-state index is 11.3. The Hall–Kier alpha value is -1.27. The summed E-state index contributed by atoms with van der Waals surface area (Å²) in [6.45, 7) is 2.14. The molecular weight excluding hydrogens is 238 g/mol. The van der Waals surface area contributed by atoms with Crippen molar-refractivity contribution in [1.82, 2.24) is 0 Å². The van der Waals surface area contributed by atoms with Crippen LogP contribution in [0.15, 0.2) is 23.1 Å². The highest BCUT2D eigenvalue weighted by Crippen LogP contribution is 2.38. The van der Waals surface area contributed by atoms with Crippen molar-refractivity contribution < 1.29 is 8.42 Å². The van der Waals surface area contributed by atoms with Crippen molar-refractivity contribution in [3.05, 3.63) is 18.2 Å². The molecule has 5 N–H and O–H groups in total. The molecule has 1 aromatic rings. The smallest absolute Gasteiger partial charge is 0.240 e. The number of benzene rings is 1. The average Bonchev–Trinajstić information content (AvgIpc) is 2.98. The number of nitrogens with two attached hydrogens (primary N) is 2. The quantitative estimate of drug-likeness (QED) is 0.702. The van der Waals surface area contributed by atoms with Gasteiger partial charge in [-0.05, 0) is 24.5 Å². The summed E-state index contributed by atoms with van der Waals surface area (Å²) in [4.78, 5) is -0.0174. The van der Waals surface area contributed by atoms with Crippen LogP contribution in [0.4, 0.5) is 11.4 Å². The van der Waals surface area contributed by atoms with Crippen molar-refractivity contribution in [2.24, 2.45) is 11.1 Å². The zero-order valence-corrected chi connectivity index (χ0v) is 10.5. The van der Waals surface area contributed by atoms with Crippen molar-refractivity contribution in [3.8, 4) is 0 Å². The molecule has 0 heterocycles. The van der Waals surface area contributed by atoms with Crippen LogP contribution in [0.25, 0.3) is 0 Å². The van der Waals surface area contributed by atoms with Gasteiger partial charge in [-0.15, -0.1) is 0 Å². The number of para-hydroxylation sites is 1. The predicted molar refractivity (Wildman–Crippen MR) is 68.0 cm³/mol. The maximum Gasteiger partial charge on any atom is 0.240 e. The summed E-state index contributed by atoms with van der Waals surface area (Å²) in [6.07, 6.45) is 2.22. The first-order valence-corrected chi connectivity index (χ1v) is 7.16. The molecule has 1 aliphatic carbocycles. The first-order valence-electron chi connectivity index (χ1n) is 5.61. The zero-order valence-electron chi connectivity index (χ0n) is 9.68. The van der Waals surface area contributed by atoms with Gasteiger partial charge in [-0.3, -0.25) is 0 Å². The van der Waals surface area contributed by atoms with Gasteiger partial charge in [0.15, 0.2) is 0 Å². The highest BCUT2D eigenvalue weighted by molar-refractivity contribution is 7.89. The van der Waals surface area contributed by atoms with Crippen LogP contribution in [0.3, 0.4) is 0 Å².